The monoisotopic (exact) mass is 397 g/mol. The van der Waals surface area contributed by atoms with Gasteiger partial charge in [0.15, 0.2) is 5.78 Å². The lowest BCUT2D eigenvalue weighted by molar-refractivity contribution is 0.0811. The van der Waals surface area contributed by atoms with Gasteiger partial charge in [0.2, 0.25) is 0 Å². The standard InChI is InChI=1S/C24H31NO4/c1-17-13-21(14-18(2)24(17)28-3)23(27)20-5-4-10-25(16-20)15-19-6-8-22(9-7-19)29-12-11-26/h6-9,13-14,20,26H,4-5,10-12,15-16H2,1-3H3/t20-/m0/s1. The summed E-state index contributed by atoms with van der Waals surface area (Å²) < 4.78 is 10.8. The number of Topliss-reactive ketones (excluding diaryl/α,β-unsaturated/α-hetero) is 1. The summed E-state index contributed by atoms with van der Waals surface area (Å²) in [6.07, 6.45) is 1.97. The molecule has 1 heterocycles. The van der Waals surface area contributed by atoms with E-state index in [0.717, 1.165) is 60.7 Å². The molecule has 2 aromatic carbocycles. The van der Waals surface area contributed by atoms with Gasteiger partial charge in [-0.05, 0) is 74.2 Å². The minimum absolute atomic E-state index is 0.0121. The predicted molar refractivity (Wildman–Crippen MR) is 114 cm³/mol. The average Bonchev–Trinajstić information content (AvgIpc) is 2.72. The summed E-state index contributed by atoms with van der Waals surface area (Å²) >= 11 is 0. The average molecular weight is 398 g/mol. The fourth-order valence-corrected chi connectivity index (χ4v) is 4.18. The number of hydrogen-bond acceptors (Lipinski definition) is 5. The lowest BCUT2D eigenvalue weighted by Crippen LogP contribution is -2.38. The van der Waals surface area contributed by atoms with E-state index in [4.69, 9.17) is 14.6 Å². The Morgan fingerprint density at radius 1 is 1.17 bits per heavy atom. The van der Waals surface area contributed by atoms with E-state index < -0.39 is 0 Å². The molecule has 0 amide bonds. The van der Waals surface area contributed by atoms with Crippen molar-refractivity contribution in [2.45, 2.75) is 33.2 Å². The van der Waals surface area contributed by atoms with Gasteiger partial charge in [0.1, 0.15) is 18.1 Å². The molecule has 1 fully saturated rings. The van der Waals surface area contributed by atoms with Gasteiger partial charge in [-0.1, -0.05) is 12.1 Å². The zero-order valence-electron chi connectivity index (χ0n) is 17.6. The van der Waals surface area contributed by atoms with Crippen LogP contribution < -0.4 is 9.47 Å². The highest BCUT2D eigenvalue weighted by Gasteiger charge is 2.27. The van der Waals surface area contributed by atoms with Crippen LogP contribution in [-0.4, -0.2) is 49.2 Å². The smallest absolute Gasteiger partial charge is 0.167 e. The third-order valence-corrected chi connectivity index (χ3v) is 5.51. The Balaban J connectivity index is 1.63. The van der Waals surface area contributed by atoms with Crippen LogP contribution in [0.2, 0.25) is 0 Å². The molecule has 1 aliphatic rings. The van der Waals surface area contributed by atoms with Crippen molar-refractivity contribution in [2.75, 3.05) is 33.4 Å². The van der Waals surface area contributed by atoms with Crippen molar-refractivity contribution in [3.8, 4) is 11.5 Å². The maximum absolute atomic E-state index is 13.1. The molecule has 0 bridgehead atoms. The van der Waals surface area contributed by atoms with Gasteiger partial charge < -0.3 is 14.6 Å². The van der Waals surface area contributed by atoms with E-state index >= 15 is 0 Å². The van der Waals surface area contributed by atoms with E-state index in [1.165, 1.54) is 5.56 Å². The minimum atomic E-state index is 0.0121. The van der Waals surface area contributed by atoms with Gasteiger partial charge in [-0.15, -0.1) is 0 Å². The topological polar surface area (TPSA) is 59.0 Å². The Morgan fingerprint density at radius 3 is 2.48 bits per heavy atom. The molecule has 1 atom stereocenters. The SMILES string of the molecule is COc1c(C)cc(C(=O)[C@H]2CCCN(Cc3ccc(OCCO)cc3)C2)cc1C. The van der Waals surface area contributed by atoms with Crippen LogP contribution in [-0.2, 0) is 6.54 Å². The number of ketones is 1. The van der Waals surface area contributed by atoms with Gasteiger partial charge in [0.25, 0.3) is 0 Å². The first kappa shape index (κ1) is 21.3. The number of piperidine rings is 1. The Labute approximate surface area is 173 Å². The maximum atomic E-state index is 13.1. The van der Waals surface area contributed by atoms with Gasteiger partial charge in [-0.2, -0.15) is 0 Å². The number of aliphatic hydroxyl groups excluding tert-OH is 1. The zero-order chi connectivity index (χ0) is 20.8. The van der Waals surface area contributed by atoms with Gasteiger partial charge in [-0.25, -0.2) is 0 Å². The number of rotatable bonds is 8. The molecule has 0 unspecified atom stereocenters. The van der Waals surface area contributed by atoms with Crippen LogP contribution in [0, 0.1) is 19.8 Å². The zero-order valence-corrected chi connectivity index (χ0v) is 17.6. The molecular formula is C24H31NO4. The second kappa shape index (κ2) is 9.90. The Hall–Kier alpha value is -2.37. The van der Waals surface area contributed by atoms with Crippen LogP contribution in [0.3, 0.4) is 0 Å². The number of carbonyl (C=O) groups excluding carboxylic acids is 1. The third kappa shape index (κ3) is 5.37. The largest absolute Gasteiger partial charge is 0.496 e. The number of carbonyl (C=O) groups is 1. The fourth-order valence-electron chi connectivity index (χ4n) is 4.18. The van der Waals surface area contributed by atoms with Crippen LogP contribution in [0.4, 0.5) is 0 Å². The molecule has 1 saturated heterocycles. The molecule has 2 aromatic rings. The summed E-state index contributed by atoms with van der Waals surface area (Å²) in [6.45, 7) is 6.91. The second-order valence-corrected chi connectivity index (χ2v) is 7.80. The number of hydrogen-bond donors (Lipinski definition) is 1. The Bertz CT molecular complexity index is 808. The van der Waals surface area contributed by atoms with Crippen LogP contribution in [0.1, 0.15) is 39.9 Å². The maximum Gasteiger partial charge on any atom is 0.167 e. The third-order valence-electron chi connectivity index (χ3n) is 5.51. The first-order valence-electron chi connectivity index (χ1n) is 10.3. The molecular weight excluding hydrogens is 366 g/mol. The first-order valence-corrected chi connectivity index (χ1v) is 10.3. The molecule has 0 aliphatic carbocycles. The molecule has 0 radical (unpaired) electrons. The summed E-state index contributed by atoms with van der Waals surface area (Å²) in [6, 6.07) is 11.9. The summed E-state index contributed by atoms with van der Waals surface area (Å²) in [7, 11) is 1.67. The van der Waals surface area contributed by atoms with Crippen molar-refractivity contribution in [3.05, 3.63) is 58.7 Å². The molecule has 1 aliphatic heterocycles. The number of benzene rings is 2. The molecule has 29 heavy (non-hydrogen) atoms. The highest BCUT2D eigenvalue weighted by Crippen LogP contribution is 2.28. The van der Waals surface area contributed by atoms with E-state index in [-0.39, 0.29) is 18.3 Å². The van der Waals surface area contributed by atoms with Crippen LogP contribution in [0.5, 0.6) is 11.5 Å². The van der Waals surface area contributed by atoms with Gasteiger partial charge >= 0.3 is 0 Å². The van der Waals surface area contributed by atoms with Crippen molar-refractivity contribution >= 4 is 5.78 Å². The van der Waals surface area contributed by atoms with E-state index in [0.29, 0.717) is 6.61 Å². The number of nitrogens with zero attached hydrogens (tertiary/aromatic N) is 1. The van der Waals surface area contributed by atoms with Crippen molar-refractivity contribution in [3.63, 3.8) is 0 Å². The number of ether oxygens (including phenoxy) is 2. The van der Waals surface area contributed by atoms with Gasteiger partial charge in [-0.3, -0.25) is 9.69 Å². The normalized spacial score (nSPS) is 17.2. The minimum Gasteiger partial charge on any atom is -0.496 e. The fraction of sp³-hybridized carbons (Fsp3) is 0.458. The van der Waals surface area contributed by atoms with Crippen molar-refractivity contribution in [2.24, 2.45) is 5.92 Å². The van der Waals surface area contributed by atoms with E-state index in [2.05, 4.69) is 4.90 Å². The Morgan fingerprint density at radius 2 is 1.86 bits per heavy atom. The molecule has 3 rings (SSSR count). The van der Waals surface area contributed by atoms with E-state index in [9.17, 15) is 4.79 Å². The van der Waals surface area contributed by atoms with Crippen LogP contribution in [0.15, 0.2) is 36.4 Å². The number of methoxy groups -OCH3 is 1. The highest BCUT2D eigenvalue weighted by molar-refractivity contribution is 5.98. The first-order chi connectivity index (χ1) is 14.0. The molecule has 5 heteroatoms. The highest BCUT2D eigenvalue weighted by atomic mass is 16.5. The van der Waals surface area contributed by atoms with Gasteiger partial charge in [0.05, 0.1) is 13.7 Å². The summed E-state index contributed by atoms with van der Waals surface area (Å²) in [5.74, 6) is 1.89. The van der Waals surface area contributed by atoms with Crippen LogP contribution >= 0.6 is 0 Å². The van der Waals surface area contributed by atoms with Crippen molar-refractivity contribution < 1.29 is 19.4 Å². The molecule has 0 aromatic heterocycles. The molecule has 156 valence electrons. The molecule has 0 spiro atoms. The summed E-state index contributed by atoms with van der Waals surface area (Å²) in [5.41, 5.74) is 4.00. The Kier molecular flexibility index (Phi) is 7.29. The summed E-state index contributed by atoms with van der Waals surface area (Å²) in [5, 5.41) is 8.84. The van der Waals surface area contributed by atoms with Crippen molar-refractivity contribution in [1.29, 1.82) is 0 Å². The molecule has 5 nitrogen and oxygen atoms in total. The lowest BCUT2D eigenvalue weighted by Gasteiger charge is -2.32. The molecule has 0 saturated carbocycles. The van der Waals surface area contributed by atoms with Gasteiger partial charge in [0, 0.05) is 24.6 Å². The quantitative estimate of drug-likeness (QED) is 0.687. The van der Waals surface area contributed by atoms with Crippen molar-refractivity contribution in [1.82, 2.24) is 4.90 Å². The number of likely N-dealkylation sites (tertiary alicyclic amines) is 1. The summed E-state index contributed by atoms with van der Waals surface area (Å²) in [4.78, 5) is 15.5. The number of aryl methyl sites for hydroxylation is 2. The predicted octanol–water partition coefficient (Wildman–Crippen LogP) is 3.78. The van der Waals surface area contributed by atoms with Crippen LogP contribution in [0.25, 0.3) is 0 Å². The number of aliphatic hydroxyl groups is 1. The van der Waals surface area contributed by atoms with E-state index in [1.54, 1.807) is 7.11 Å². The molecule has 1 N–H and O–H groups in total. The lowest BCUT2D eigenvalue weighted by atomic mass is 9.88. The second-order valence-electron chi connectivity index (χ2n) is 7.80. The van der Waals surface area contributed by atoms with E-state index in [1.807, 2.05) is 50.2 Å².